The summed E-state index contributed by atoms with van der Waals surface area (Å²) in [4.78, 5) is 24.2. The Morgan fingerprint density at radius 2 is 1.84 bits per heavy atom. The number of hydrogen-bond acceptors (Lipinski definition) is 5. The fourth-order valence-electron chi connectivity index (χ4n) is 5.04. The minimum atomic E-state index is -0.879. The fraction of sp³-hybridized carbons (Fsp3) is 0.333. The Kier molecular flexibility index (Phi) is 7.30. The third-order valence-electron chi connectivity index (χ3n) is 6.89. The van der Waals surface area contributed by atoms with Crippen LogP contribution in [-0.2, 0) is 9.59 Å². The molecule has 2 atom stereocenters. The van der Waals surface area contributed by atoms with Crippen LogP contribution in [-0.4, -0.2) is 42.8 Å². The van der Waals surface area contributed by atoms with E-state index in [2.05, 4.69) is 11.4 Å². The van der Waals surface area contributed by atoms with Crippen molar-refractivity contribution in [3.63, 3.8) is 0 Å². The highest BCUT2D eigenvalue weighted by molar-refractivity contribution is 5.85. The first kappa shape index (κ1) is 24.7. The van der Waals surface area contributed by atoms with E-state index in [9.17, 15) is 14.7 Å². The number of carbonyl (C=O) groups excluding carboxylic acids is 1. The minimum Gasteiger partial charge on any atom is -0.486 e. The topological polar surface area (TPSA) is 94.1 Å². The number of aryl methyl sites for hydroxylation is 1. The summed E-state index contributed by atoms with van der Waals surface area (Å²) < 4.78 is 17.2. The van der Waals surface area contributed by atoms with Gasteiger partial charge in [-0.15, -0.1) is 0 Å². The highest BCUT2D eigenvalue weighted by atomic mass is 16.6. The lowest BCUT2D eigenvalue weighted by atomic mass is 9.85. The van der Waals surface area contributed by atoms with Gasteiger partial charge in [-0.25, -0.2) is 0 Å². The summed E-state index contributed by atoms with van der Waals surface area (Å²) >= 11 is 0. The van der Waals surface area contributed by atoms with Gasteiger partial charge in [0.1, 0.15) is 19.0 Å². The molecule has 5 rings (SSSR count). The zero-order valence-electron chi connectivity index (χ0n) is 20.9. The van der Waals surface area contributed by atoms with Gasteiger partial charge in [0, 0.05) is 12.0 Å². The van der Waals surface area contributed by atoms with Gasteiger partial charge in [-0.1, -0.05) is 36.4 Å². The average molecular weight is 502 g/mol. The zero-order valence-corrected chi connectivity index (χ0v) is 20.9. The second-order valence-electron chi connectivity index (χ2n) is 9.59. The number of benzene rings is 3. The second kappa shape index (κ2) is 10.9. The zero-order chi connectivity index (χ0) is 25.8. The maximum Gasteiger partial charge on any atom is 0.304 e. The van der Waals surface area contributed by atoms with Crippen molar-refractivity contribution in [1.82, 2.24) is 5.32 Å². The van der Waals surface area contributed by atoms with Gasteiger partial charge in [-0.2, -0.15) is 0 Å². The largest absolute Gasteiger partial charge is 0.486 e. The van der Waals surface area contributed by atoms with Crippen molar-refractivity contribution in [2.45, 2.75) is 44.6 Å². The Balaban J connectivity index is 1.38. The SMILES string of the molecule is Cc1cc2c(cc1C(CC(=O)O)c1ccc3ccc(OCC(=O)NC4C=CCCC4)cc3c1)OCCO2. The van der Waals surface area contributed by atoms with E-state index in [1.165, 1.54) is 0 Å². The van der Waals surface area contributed by atoms with Gasteiger partial charge in [-0.3, -0.25) is 9.59 Å². The van der Waals surface area contributed by atoms with E-state index < -0.39 is 5.97 Å². The Hall–Kier alpha value is -4.00. The smallest absolute Gasteiger partial charge is 0.304 e. The molecule has 0 fully saturated rings. The number of carbonyl (C=O) groups is 2. The number of rotatable bonds is 8. The lowest BCUT2D eigenvalue weighted by Gasteiger charge is -2.24. The number of ether oxygens (including phenoxy) is 3. The Morgan fingerprint density at radius 1 is 1.05 bits per heavy atom. The summed E-state index contributed by atoms with van der Waals surface area (Å²) in [5.41, 5.74) is 2.73. The van der Waals surface area contributed by atoms with Gasteiger partial charge in [0.15, 0.2) is 18.1 Å². The van der Waals surface area contributed by atoms with Crippen molar-refractivity contribution in [2.75, 3.05) is 19.8 Å². The summed E-state index contributed by atoms with van der Waals surface area (Å²) in [7, 11) is 0. The summed E-state index contributed by atoms with van der Waals surface area (Å²) in [6.07, 6.45) is 7.16. The van der Waals surface area contributed by atoms with Crippen LogP contribution in [0.2, 0.25) is 0 Å². The monoisotopic (exact) mass is 501 g/mol. The van der Waals surface area contributed by atoms with Crippen LogP contribution >= 0.6 is 0 Å². The molecular formula is C30H31NO6. The van der Waals surface area contributed by atoms with Crippen LogP contribution < -0.4 is 19.5 Å². The minimum absolute atomic E-state index is 0.0576. The number of fused-ring (bicyclic) bond motifs is 2. The molecular weight excluding hydrogens is 470 g/mol. The van der Waals surface area contributed by atoms with Crippen molar-refractivity contribution in [1.29, 1.82) is 0 Å². The Labute approximate surface area is 216 Å². The van der Waals surface area contributed by atoms with E-state index in [-0.39, 0.29) is 30.9 Å². The molecule has 0 radical (unpaired) electrons. The molecule has 0 aromatic heterocycles. The van der Waals surface area contributed by atoms with E-state index in [0.717, 1.165) is 46.7 Å². The molecule has 192 valence electrons. The predicted octanol–water partition coefficient (Wildman–Crippen LogP) is 5.13. The molecule has 1 aliphatic heterocycles. The van der Waals surface area contributed by atoms with E-state index >= 15 is 0 Å². The van der Waals surface area contributed by atoms with Crippen LogP contribution in [0.5, 0.6) is 17.2 Å². The van der Waals surface area contributed by atoms with Gasteiger partial charge < -0.3 is 24.6 Å². The van der Waals surface area contributed by atoms with Crippen molar-refractivity contribution in [2.24, 2.45) is 0 Å². The summed E-state index contributed by atoms with van der Waals surface area (Å²) in [5.74, 6) is 0.517. The van der Waals surface area contributed by atoms with Gasteiger partial charge in [0.25, 0.3) is 5.91 Å². The average Bonchev–Trinajstić information content (AvgIpc) is 2.90. The van der Waals surface area contributed by atoms with Gasteiger partial charge in [-0.05, 0) is 77.9 Å². The first-order valence-corrected chi connectivity index (χ1v) is 12.7. The van der Waals surface area contributed by atoms with Crippen LogP contribution in [0.1, 0.15) is 48.3 Å². The molecule has 2 unspecified atom stereocenters. The van der Waals surface area contributed by atoms with E-state index in [0.29, 0.717) is 30.5 Å². The summed E-state index contributed by atoms with van der Waals surface area (Å²) in [5, 5.41) is 14.6. The maximum atomic E-state index is 12.3. The van der Waals surface area contributed by atoms with Gasteiger partial charge in [0.2, 0.25) is 0 Å². The number of carboxylic acids is 1. The molecule has 1 amide bonds. The van der Waals surface area contributed by atoms with E-state index in [1.807, 2.05) is 61.5 Å². The maximum absolute atomic E-state index is 12.3. The van der Waals surface area contributed by atoms with E-state index in [4.69, 9.17) is 14.2 Å². The number of aliphatic carboxylic acids is 1. The van der Waals surface area contributed by atoms with Crippen molar-refractivity contribution < 1.29 is 28.9 Å². The highest BCUT2D eigenvalue weighted by Gasteiger charge is 2.24. The molecule has 0 saturated heterocycles. The third kappa shape index (κ3) is 5.88. The Bertz CT molecular complexity index is 1350. The molecule has 3 aromatic rings. The van der Waals surface area contributed by atoms with Crippen LogP contribution in [0.15, 0.2) is 60.7 Å². The second-order valence-corrected chi connectivity index (χ2v) is 9.59. The molecule has 37 heavy (non-hydrogen) atoms. The van der Waals surface area contributed by atoms with Crippen molar-refractivity contribution in [3.8, 4) is 17.2 Å². The molecule has 7 nitrogen and oxygen atoms in total. The van der Waals surface area contributed by atoms with Crippen LogP contribution in [0.4, 0.5) is 0 Å². The quantitative estimate of drug-likeness (QED) is 0.416. The lowest BCUT2D eigenvalue weighted by molar-refractivity contribution is -0.137. The molecule has 1 heterocycles. The lowest BCUT2D eigenvalue weighted by Crippen LogP contribution is -2.37. The molecule has 0 bridgehead atoms. The van der Waals surface area contributed by atoms with Crippen LogP contribution in [0.3, 0.4) is 0 Å². The summed E-state index contributed by atoms with van der Waals surface area (Å²) in [6, 6.07) is 15.5. The summed E-state index contributed by atoms with van der Waals surface area (Å²) in [6.45, 7) is 2.86. The standard InChI is InChI=1S/C30H31NO6/c1-19-13-27-28(36-12-11-35-27)16-25(19)26(17-30(33)34)21-8-7-20-9-10-24(15-22(20)14-21)37-18-29(32)31-23-5-3-2-4-6-23/h3,5,7-10,13-16,23,26H,2,4,6,11-12,17-18H2,1H3,(H,31,32)(H,33,34). The number of amides is 1. The predicted molar refractivity (Wildman–Crippen MR) is 141 cm³/mol. The molecule has 0 saturated carbocycles. The highest BCUT2D eigenvalue weighted by Crippen LogP contribution is 2.39. The van der Waals surface area contributed by atoms with E-state index in [1.54, 1.807) is 0 Å². The molecule has 2 aliphatic rings. The molecule has 3 aromatic carbocycles. The van der Waals surface area contributed by atoms with Crippen LogP contribution in [0.25, 0.3) is 10.8 Å². The number of nitrogens with one attached hydrogen (secondary N) is 1. The first-order valence-electron chi connectivity index (χ1n) is 12.7. The van der Waals surface area contributed by atoms with Crippen molar-refractivity contribution >= 4 is 22.6 Å². The molecule has 0 spiro atoms. The normalized spacial score (nSPS) is 17.3. The van der Waals surface area contributed by atoms with Crippen molar-refractivity contribution in [3.05, 3.63) is 77.4 Å². The fourth-order valence-corrected chi connectivity index (χ4v) is 5.04. The number of hydrogen-bond donors (Lipinski definition) is 2. The Morgan fingerprint density at radius 3 is 2.59 bits per heavy atom. The molecule has 1 aliphatic carbocycles. The van der Waals surface area contributed by atoms with Gasteiger partial charge >= 0.3 is 5.97 Å². The number of carboxylic acid groups (broad SMARTS) is 1. The van der Waals surface area contributed by atoms with Gasteiger partial charge in [0.05, 0.1) is 6.42 Å². The first-order chi connectivity index (χ1) is 18.0. The number of allylic oxidation sites excluding steroid dienone is 1. The molecule has 7 heteroatoms. The third-order valence-corrected chi connectivity index (χ3v) is 6.89. The molecule has 2 N–H and O–H groups in total. The van der Waals surface area contributed by atoms with Crippen LogP contribution in [0, 0.1) is 6.92 Å².